The van der Waals surface area contributed by atoms with Crippen LogP contribution in [0, 0.1) is 0 Å². The highest BCUT2D eigenvalue weighted by molar-refractivity contribution is 5.67. The molecule has 4 nitrogen and oxygen atoms in total. The van der Waals surface area contributed by atoms with Crippen molar-refractivity contribution in [3.8, 4) is 0 Å². The molecule has 0 aromatic rings. The number of hydrogen-bond acceptors (Lipinski definition) is 3. The third-order valence-corrected chi connectivity index (χ3v) is 1.87. The zero-order valence-corrected chi connectivity index (χ0v) is 7.91. The summed E-state index contributed by atoms with van der Waals surface area (Å²) in [6, 6.07) is 0.0673. The summed E-state index contributed by atoms with van der Waals surface area (Å²) in [5.74, 6) is -0.758. The molecule has 0 aromatic heterocycles. The number of hydrogen-bond donors (Lipinski definition) is 1. The molecule has 0 rings (SSSR count). The normalized spacial score (nSPS) is 13.3. The smallest absolute Gasteiger partial charge is 0.304 e. The van der Waals surface area contributed by atoms with Gasteiger partial charge < -0.3 is 14.7 Å². The maximum absolute atomic E-state index is 10.3. The maximum Gasteiger partial charge on any atom is 0.304 e. The summed E-state index contributed by atoms with van der Waals surface area (Å²) in [7, 11) is 3.53. The second kappa shape index (κ2) is 5.97. The molecule has 0 aromatic carbocycles. The number of carboxylic acids is 1. The van der Waals surface area contributed by atoms with Crippen molar-refractivity contribution in [3.63, 3.8) is 0 Å². The molecule has 0 aliphatic rings. The Bertz CT molecular complexity index is 138. The number of carbonyl (C=O) groups is 1. The van der Waals surface area contributed by atoms with Crippen LogP contribution in [0.2, 0.25) is 0 Å². The lowest BCUT2D eigenvalue weighted by Crippen LogP contribution is -2.33. The lowest BCUT2D eigenvalue weighted by atomic mass is 10.2. The van der Waals surface area contributed by atoms with Crippen LogP contribution < -0.4 is 0 Å². The maximum atomic E-state index is 10.3. The van der Waals surface area contributed by atoms with Crippen LogP contribution in [-0.4, -0.2) is 49.3 Å². The first-order chi connectivity index (χ1) is 5.57. The number of carboxylic acid groups (broad SMARTS) is 1. The molecule has 72 valence electrons. The molecule has 0 aliphatic carbocycles. The van der Waals surface area contributed by atoms with Gasteiger partial charge in [-0.2, -0.15) is 0 Å². The number of likely N-dealkylation sites (N-methyl/N-ethyl adjacent to an activating group) is 1. The van der Waals surface area contributed by atoms with Crippen LogP contribution >= 0.6 is 0 Å². The molecule has 1 N–H and O–H groups in total. The SMILES string of the molecule is COCCN(C)C(C)CC(=O)O. The average Bonchev–Trinajstić information content (AvgIpc) is 1.98. The quantitative estimate of drug-likeness (QED) is 0.636. The van der Waals surface area contributed by atoms with E-state index in [4.69, 9.17) is 9.84 Å². The Hall–Kier alpha value is -0.610. The van der Waals surface area contributed by atoms with Gasteiger partial charge in [-0.1, -0.05) is 0 Å². The van der Waals surface area contributed by atoms with E-state index in [1.807, 2.05) is 18.9 Å². The first-order valence-corrected chi connectivity index (χ1v) is 3.99. The zero-order chi connectivity index (χ0) is 9.56. The molecule has 0 heterocycles. The third-order valence-electron chi connectivity index (χ3n) is 1.87. The molecule has 1 unspecified atom stereocenters. The number of ether oxygens (including phenoxy) is 1. The van der Waals surface area contributed by atoms with Gasteiger partial charge in [-0.15, -0.1) is 0 Å². The third kappa shape index (κ3) is 5.09. The van der Waals surface area contributed by atoms with Crippen molar-refractivity contribution in [2.24, 2.45) is 0 Å². The summed E-state index contributed by atoms with van der Waals surface area (Å²) >= 11 is 0. The van der Waals surface area contributed by atoms with Crippen LogP contribution in [0.25, 0.3) is 0 Å². The van der Waals surface area contributed by atoms with Crippen LogP contribution in [0.1, 0.15) is 13.3 Å². The van der Waals surface area contributed by atoms with E-state index in [0.29, 0.717) is 6.61 Å². The van der Waals surface area contributed by atoms with Crippen molar-refractivity contribution in [1.29, 1.82) is 0 Å². The highest BCUT2D eigenvalue weighted by Gasteiger charge is 2.11. The molecule has 0 saturated carbocycles. The van der Waals surface area contributed by atoms with Gasteiger partial charge in [0.15, 0.2) is 0 Å². The number of methoxy groups -OCH3 is 1. The van der Waals surface area contributed by atoms with E-state index in [9.17, 15) is 4.79 Å². The molecule has 0 aliphatic heterocycles. The summed E-state index contributed by atoms with van der Waals surface area (Å²) in [6.07, 6.45) is 0.181. The predicted molar refractivity (Wildman–Crippen MR) is 46.2 cm³/mol. The number of rotatable bonds is 6. The highest BCUT2D eigenvalue weighted by atomic mass is 16.5. The molecule has 12 heavy (non-hydrogen) atoms. The molecular weight excluding hydrogens is 158 g/mol. The van der Waals surface area contributed by atoms with Crippen molar-refractivity contribution in [2.75, 3.05) is 27.3 Å². The second-order valence-electron chi connectivity index (χ2n) is 2.92. The molecular formula is C8H17NO3. The van der Waals surface area contributed by atoms with E-state index < -0.39 is 5.97 Å². The minimum Gasteiger partial charge on any atom is -0.481 e. The standard InChI is InChI=1S/C8H17NO3/c1-7(6-8(10)11)9(2)4-5-12-3/h7H,4-6H2,1-3H3,(H,10,11). The van der Waals surface area contributed by atoms with Crippen LogP contribution in [0.3, 0.4) is 0 Å². The Morgan fingerprint density at radius 2 is 2.25 bits per heavy atom. The van der Waals surface area contributed by atoms with Gasteiger partial charge in [-0.3, -0.25) is 4.79 Å². The largest absolute Gasteiger partial charge is 0.481 e. The van der Waals surface area contributed by atoms with E-state index in [-0.39, 0.29) is 12.5 Å². The summed E-state index contributed by atoms with van der Waals surface area (Å²) in [5.41, 5.74) is 0. The Labute approximate surface area is 73.1 Å². The monoisotopic (exact) mass is 175 g/mol. The molecule has 0 radical (unpaired) electrons. The number of aliphatic carboxylic acids is 1. The van der Waals surface area contributed by atoms with E-state index in [1.54, 1.807) is 7.11 Å². The van der Waals surface area contributed by atoms with Gasteiger partial charge >= 0.3 is 5.97 Å². The van der Waals surface area contributed by atoms with Gasteiger partial charge in [-0.05, 0) is 14.0 Å². The topological polar surface area (TPSA) is 49.8 Å². The van der Waals surface area contributed by atoms with Crippen molar-refractivity contribution in [1.82, 2.24) is 4.90 Å². The minimum atomic E-state index is -0.758. The fraction of sp³-hybridized carbons (Fsp3) is 0.875. The summed E-state index contributed by atoms with van der Waals surface area (Å²) < 4.78 is 4.88. The highest BCUT2D eigenvalue weighted by Crippen LogP contribution is 1.99. The first-order valence-electron chi connectivity index (χ1n) is 3.99. The minimum absolute atomic E-state index is 0.0673. The lowest BCUT2D eigenvalue weighted by Gasteiger charge is -2.22. The summed E-state index contributed by atoms with van der Waals surface area (Å²) in [4.78, 5) is 12.3. The molecule has 0 bridgehead atoms. The van der Waals surface area contributed by atoms with Crippen molar-refractivity contribution in [2.45, 2.75) is 19.4 Å². The van der Waals surface area contributed by atoms with E-state index in [0.717, 1.165) is 6.54 Å². The van der Waals surface area contributed by atoms with Gasteiger partial charge in [0.25, 0.3) is 0 Å². The molecule has 0 fully saturated rings. The fourth-order valence-electron chi connectivity index (χ4n) is 0.864. The Balaban J connectivity index is 3.60. The van der Waals surface area contributed by atoms with Crippen molar-refractivity contribution in [3.05, 3.63) is 0 Å². The van der Waals surface area contributed by atoms with Gasteiger partial charge in [0, 0.05) is 19.7 Å². The predicted octanol–water partition coefficient (Wildman–Crippen LogP) is 0.428. The first kappa shape index (κ1) is 11.4. The molecule has 0 spiro atoms. The van der Waals surface area contributed by atoms with Crippen LogP contribution in [0.15, 0.2) is 0 Å². The number of nitrogens with zero attached hydrogens (tertiary/aromatic N) is 1. The fourth-order valence-corrected chi connectivity index (χ4v) is 0.864. The average molecular weight is 175 g/mol. The van der Waals surface area contributed by atoms with Crippen molar-refractivity contribution < 1.29 is 14.6 Å². The second-order valence-corrected chi connectivity index (χ2v) is 2.92. The molecule has 0 saturated heterocycles. The van der Waals surface area contributed by atoms with Crippen LogP contribution in [0.4, 0.5) is 0 Å². The summed E-state index contributed by atoms with van der Waals surface area (Å²) in [5, 5.41) is 8.50. The summed E-state index contributed by atoms with van der Waals surface area (Å²) in [6.45, 7) is 3.30. The lowest BCUT2D eigenvalue weighted by molar-refractivity contribution is -0.138. The van der Waals surface area contributed by atoms with Gasteiger partial charge in [0.05, 0.1) is 13.0 Å². The van der Waals surface area contributed by atoms with E-state index in [1.165, 1.54) is 0 Å². The zero-order valence-electron chi connectivity index (χ0n) is 7.91. The van der Waals surface area contributed by atoms with Gasteiger partial charge in [0.2, 0.25) is 0 Å². The Kier molecular flexibility index (Phi) is 5.66. The van der Waals surface area contributed by atoms with E-state index >= 15 is 0 Å². The van der Waals surface area contributed by atoms with Gasteiger partial charge in [-0.25, -0.2) is 0 Å². The molecule has 4 heteroatoms. The van der Waals surface area contributed by atoms with Crippen LogP contribution in [-0.2, 0) is 9.53 Å². The van der Waals surface area contributed by atoms with Gasteiger partial charge in [0.1, 0.15) is 0 Å². The van der Waals surface area contributed by atoms with Crippen molar-refractivity contribution >= 4 is 5.97 Å². The van der Waals surface area contributed by atoms with Crippen LogP contribution in [0.5, 0.6) is 0 Å². The molecule has 0 amide bonds. The molecule has 1 atom stereocenters. The Morgan fingerprint density at radius 3 is 2.67 bits per heavy atom. The Morgan fingerprint density at radius 1 is 1.67 bits per heavy atom. The van der Waals surface area contributed by atoms with E-state index in [2.05, 4.69) is 0 Å².